The number of ketones is 1. The number of nitrogens with zero attached hydrogens (tertiary/aromatic N) is 1. The molecule has 0 bridgehead atoms. The normalized spacial score (nSPS) is 16.8. The van der Waals surface area contributed by atoms with Gasteiger partial charge in [0.05, 0.1) is 18.2 Å². The number of hydrogen-bond donors (Lipinski definition) is 2. The number of fused-ring (bicyclic) bond motifs is 1. The highest BCUT2D eigenvalue weighted by Gasteiger charge is 2.46. The molecule has 1 aliphatic rings. The Kier molecular flexibility index (Phi) is 6.64. The van der Waals surface area contributed by atoms with Gasteiger partial charge in [-0.1, -0.05) is 66.2 Å². The maximum absolute atomic E-state index is 13.5. The maximum Gasteiger partial charge on any atom is 0.295 e. The van der Waals surface area contributed by atoms with Crippen molar-refractivity contribution in [1.82, 2.24) is 4.90 Å². The van der Waals surface area contributed by atoms with Crippen molar-refractivity contribution in [2.24, 2.45) is 0 Å². The van der Waals surface area contributed by atoms with Crippen LogP contribution in [0.25, 0.3) is 16.5 Å². The minimum absolute atomic E-state index is 0.00345. The third kappa shape index (κ3) is 4.50. The van der Waals surface area contributed by atoms with E-state index in [4.69, 9.17) is 4.74 Å². The van der Waals surface area contributed by atoms with Gasteiger partial charge < -0.3 is 19.8 Å². The molecule has 4 aromatic rings. The van der Waals surface area contributed by atoms with Crippen molar-refractivity contribution in [1.29, 1.82) is 0 Å². The van der Waals surface area contributed by atoms with Gasteiger partial charge in [0.25, 0.3) is 11.7 Å². The van der Waals surface area contributed by atoms with Crippen LogP contribution in [-0.4, -0.2) is 33.4 Å². The van der Waals surface area contributed by atoms with E-state index in [1.165, 1.54) is 11.0 Å². The number of carbonyl (C=O) groups is 2. The van der Waals surface area contributed by atoms with Crippen LogP contribution in [0.2, 0.25) is 0 Å². The number of aliphatic hydroxyl groups is 1. The van der Waals surface area contributed by atoms with Crippen LogP contribution in [0, 0.1) is 13.8 Å². The predicted molar refractivity (Wildman–Crippen MR) is 147 cm³/mol. The summed E-state index contributed by atoms with van der Waals surface area (Å²) >= 11 is 0. The van der Waals surface area contributed by atoms with Gasteiger partial charge >= 0.3 is 0 Å². The first-order valence-electron chi connectivity index (χ1n) is 12.6. The van der Waals surface area contributed by atoms with Crippen molar-refractivity contribution in [3.05, 3.63) is 112 Å². The van der Waals surface area contributed by atoms with Crippen LogP contribution in [0.5, 0.6) is 11.5 Å². The fourth-order valence-electron chi connectivity index (χ4n) is 5.01. The predicted octanol–water partition coefficient (Wildman–Crippen LogP) is 6.18. The number of phenolic OH excluding ortho intramolecular Hbond substituents is 1. The van der Waals surface area contributed by atoms with E-state index in [-0.39, 0.29) is 29.4 Å². The lowest BCUT2D eigenvalue weighted by atomic mass is 9.94. The Bertz CT molecular complexity index is 1600. The summed E-state index contributed by atoms with van der Waals surface area (Å²) in [5.41, 5.74) is 3.94. The van der Waals surface area contributed by atoms with Gasteiger partial charge in [-0.25, -0.2) is 0 Å². The minimum atomic E-state index is -0.874. The number of aryl methyl sites for hydroxylation is 2. The Morgan fingerprint density at radius 1 is 0.921 bits per heavy atom. The smallest absolute Gasteiger partial charge is 0.295 e. The molecule has 1 fully saturated rings. The topological polar surface area (TPSA) is 87.1 Å². The Labute approximate surface area is 221 Å². The Hall–Kier alpha value is -4.58. The van der Waals surface area contributed by atoms with Gasteiger partial charge in [-0.15, -0.1) is 0 Å². The van der Waals surface area contributed by atoms with Crippen LogP contribution in [0.3, 0.4) is 0 Å². The van der Waals surface area contributed by atoms with Crippen LogP contribution < -0.4 is 4.74 Å². The van der Waals surface area contributed by atoms with E-state index >= 15 is 0 Å². The Balaban J connectivity index is 1.69. The second kappa shape index (κ2) is 10.1. The summed E-state index contributed by atoms with van der Waals surface area (Å²) in [6.07, 6.45) is 0. The van der Waals surface area contributed by atoms with Gasteiger partial charge in [-0.3, -0.25) is 9.59 Å². The molecule has 0 saturated carbocycles. The van der Waals surface area contributed by atoms with Crippen LogP contribution >= 0.6 is 0 Å². The summed E-state index contributed by atoms with van der Waals surface area (Å²) < 4.78 is 5.59. The van der Waals surface area contributed by atoms with Crippen molar-refractivity contribution >= 4 is 28.2 Å². The van der Waals surface area contributed by atoms with Gasteiger partial charge in [0.15, 0.2) is 11.5 Å². The quantitative estimate of drug-likeness (QED) is 0.185. The van der Waals surface area contributed by atoms with Crippen LogP contribution in [0.1, 0.15) is 40.8 Å². The zero-order chi connectivity index (χ0) is 27.0. The number of ether oxygens (including phenoxy) is 1. The number of rotatable bonds is 6. The van der Waals surface area contributed by atoms with Crippen molar-refractivity contribution in [2.45, 2.75) is 33.4 Å². The molecule has 6 heteroatoms. The van der Waals surface area contributed by atoms with E-state index < -0.39 is 17.7 Å². The number of Topliss-reactive ketones (excluding diaryl/α,β-unsaturated/α-hetero) is 1. The minimum Gasteiger partial charge on any atom is -0.507 e. The third-order valence-corrected chi connectivity index (χ3v) is 7.01. The fraction of sp³-hybridized carbons (Fsp3) is 0.188. The molecule has 1 atom stereocenters. The first-order chi connectivity index (χ1) is 18.3. The summed E-state index contributed by atoms with van der Waals surface area (Å²) in [5.74, 6) is -1.49. The van der Waals surface area contributed by atoms with Gasteiger partial charge in [-0.2, -0.15) is 0 Å². The highest BCUT2D eigenvalue weighted by atomic mass is 16.5. The fourth-order valence-corrected chi connectivity index (χ4v) is 5.01. The zero-order valence-corrected chi connectivity index (χ0v) is 21.6. The lowest BCUT2D eigenvalue weighted by Crippen LogP contribution is -2.29. The summed E-state index contributed by atoms with van der Waals surface area (Å²) in [6.45, 7) is 6.25. The molecule has 0 aliphatic carbocycles. The summed E-state index contributed by atoms with van der Waals surface area (Å²) in [4.78, 5) is 28.5. The molecule has 1 heterocycles. The second-order valence-electron chi connectivity index (χ2n) is 9.58. The average molecular weight is 508 g/mol. The van der Waals surface area contributed by atoms with E-state index in [1.807, 2.05) is 68.4 Å². The first-order valence-corrected chi connectivity index (χ1v) is 12.6. The van der Waals surface area contributed by atoms with Crippen LogP contribution in [0.15, 0.2) is 84.4 Å². The molecule has 0 spiro atoms. The Morgan fingerprint density at radius 3 is 2.45 bits per heavy atom. The molecule has 192 valence electrons. The monoisotopic (exact) mass is 507 g/mol. The number of likely N-dealkylation sites (tertiary alicyclic amines) is 1. The third-order valence-electron chi connectivity index (χ3n) is 7.01. The van der Waals surface area contributed by atoms with Gasteiger partial charge in [0.2, 0.25) is 0 Å². The largest absolute Gasteiger partial charge is 0.507 e. The molecular formula is C32H29NO5. The van der Waals surface area contributed by atoms with E-state index in [0.717, 1.165) is 27.5 Å². The standard InChI is InChI=1S/C32H29NO5/c1-4-38-27-17-23(13-14-26(27)34)29-28(30(35)24-12-11-21-7-5-6-8-22(21)16-24)31(36)32(37)33(29)18-25-15-19(2)9-10-20(25)3/h5-17,29,34-35H,4,18H2,1-3H3/b30-28+. The Morgan fingerprint density at radius 2 is 1.68 bits per heavy atom. The average Bonchev–Trinajstić information content (AvgIpc) is 3.16. The lowest BCUT2D eigenvalue weighted by molar-refractivity contribution is -0.140. The van der Waals surface area contributed by atoms with Crippen molar-refractivity contribution < 1.29 is 24.5 Å². The maximum atomic E-state index is 13.5. The highest BCUT2D eigenvalue weighted by molar-refractivity contribution is 6.46. The number of hydrogen-bond acceptors (Lipinski definition) is 5. The first kappa shape index (κ1) is 25.1. The summed E-state index contributed by atoms with van der Waals surface area (Å²) in [5, 5.41) is 23.7. The molecule has 4 aromatic carbocycles. The molecule has 38 heavy (non-hydrogen) atoms. The molecule has 5 rings (SSSR count). The van der Waals surface area contributed by atoms with E-state index in [9.17, 15) is 19.8 Å². The summed E-state index contributed by atoms with van der Waals surface area (Å²) in [6, 6.07) is 23.0. The van der Waals surface area contributed by atoms with Crippen molar-refractivity contribution in [2.75, 3.05) is 6.61 Å². The zero-order valence-electron chi connectivity index (χ0n) is 21.6. The van der Waals surface area contributed by atoms with Gasteiger partial charge in [0, 0.05) is 12.1 Å². The number of carbonyl (C=O) groups excluding carboxylic acids is 2. The highest BCUT2D eigenvalue weighted by Crippen LogP contribution is 2.43. The van der Waals surface area contributed by atoms with Gasteiger partial charge in [-0.05, 0) is 66.4 Å². The number of aliphatic hydroxyl groups excluding tert-OH is 1. The van der Waals surface area contributed by atoms with E-state index in [2.05, 4.69) is 0 Å². The lowest BCUT2D eigenvalue weighted by Gasteiger charge is -2.26. The van der Waals surface area contributed by atoms with Crippen molar-refractivity contribution in [3.63, 3.8) is 0 Å². The molecule has 1 aliphatic heterocycles. The molecule has 1 unspecified atom stereocenters. The number of phenols is 1. The number of benzene rings is 4. The number of amides is 1. The van der Waals surface area contributed by atoms with Crippen LogP contribution in [-0.2, 0) is 16.1 Å². The molecule has 6 nitrogen and oxygen atoms in total. The molecule has 0 radical (unpaired) electrons. The molecule has 1 amide bonds. The number of aromatic hydroxyl groups is 1. The molecule has 0 aromatic heterocycles. The van der Waals surface area contributed by atoms with Crippen molar-refractivity contribution in [3.8, 4) is 11.5 Å². The molecular weight excluding hydrogens is 478 g/mol. The van der Waals surface area contributed by atoms with E-state index in [1.54, 1.807) is 25.1 Å². The second-order valence-corrected chi connectivity index (χ2v) is 9.58. The molecule has 2 N–H and O–H groups in total. The summed E-state index contributed by atoms with van der Waals surface area (Å²) in [7, 11) is 0. The van der Waals surface area contributed by atoms with Crippen LogP contribution in [0.4, 0.5) is 0 Å². The van der Waals surface area contributed by atoms with E-state index in [0.29, 0.717) is 17.7 Å². The SMILES string of the molecule is CCOc1cc(C2/C(=C(\O)c3ccc4ccccc4c3)C(=O)C(=O)N2Cc2cc(C)ccc2C)ccc1O. The molecule has 1 saturated heterocycles. The van der Waals surface area contributed by atoms with Gasteiger partial charge in [0.1, 0.15) is 5.76 Å².